The fourth-order valence-electron chi connectivity index (χ4n) is 2.77. The Morgan fingerprint density at radius 2 is 1.71 bits per heavy atom. The molecule has 0 atom stereocenters. The third kappa shape index (κ3) is 2.75. The summed E-state index contributed by atoms with van der Waals surface area (Å²) in [4.78, 5) is 12.6. The highest BCUT2D eigenvalue weighted by atomic mass is 16.1. The van der Waals surface area contributed by atoms with Crippen LogP contribution >= 0.6 is 0 Å². The van der Waals surface area contributed by atoms with Gasteiger partial charge in [0.05, 0.1) is 0 Å². The molecule has 0 amide bonds. The van der Waals surface area contributed by atoms with E-state index in [9.17, 15) is 4.79 Å². The molecule has 1 heterocycles. The number of hydrogen-bond donors (Lipinski definition) is 0. The van der Waals surface area contributed by atoms with Gasteiger partial charge in [-0.2, -0.15) is 0 Å². The van der Waals surface area contributed by atoms with Crippen LogP contribution in [-0.4, -0.2) is 10.4 Å². The molecule has 2 aromatic carbocycles. The van der Waals surface area contributed by atoms with Gasteiger partial charge in [0, 0.05) is 35.6 Å². The van der Waals surface area contributed by atoms with Gasteiger partial charge in [-0.1, -0.05) is 55.5 Å². The molecule has 0 N–H and O–H groups in total. The topological polar surface area (TPSA) is 22.0 Å². The third-order valence-corrected chi connectivity index (χ3v) is 3.76. The first-order valence-corrected chi connectivity index (χ1v) is 7.44. The summed E-state index contributed by atoms with van der Waals surface area (Å²) in [5.41, 5.74) is 3.05. The zero-order chi connectivity index (χ0) is 14.7. The lowest BCUT2D eigenvalue weighted by Gasteiger charge is -2.01. The van der Waals surface area contributed by atoms with Crippen molar-refractivity contribution in [3.8, 4) is 0 Å². The number of ketones is 1. The number of hydrogen-bond acceptors (Lipinski definition) is 1. The summed E-state index contributed by atoms with van der Waals surface area (Å²) in [5, 5.41) is 1.06. The molecule has 0 aliphatic heterocycles. The lowest BCUT2D eigenvalue weighted by atomic mass is 10.0. The second-order valence-corrected chi connectivity index (χ2v) is 5.34. The van der Waals surface area contributed by atoms with Crippen LogP contribution in [0, 0.1) is 0 Å². The molecule has 0 aliphatic rings. The van der Waals surface area contributed by atoms with Crippen molar-refractivity contribution in [2.24, 2.45) is 0 Å². The van der Waals surface area contributed by atoms with Crippen molar-refractivity contribution in [3.63, 3.8) is 0 Å². The fourth-order valence-corrected chi connectivity index (χ4v) is 2.77. The largest absolute Gasteiger partial charge is 0.347 e. The molecule has 1 aromatic heterocycles. The predicted molar refractivity (Wildman–Crippen MR) is 86.7 cm³/mol. The van der Waals surface area contributed by atoms with Crippen molar-refractivity contribution in [3.05, 3.63) is 71.9 Å². The van der Waals surface area contributed by atoms with Crippen LogP contribution < -0.4 is 0 Å². The number of benzene rings is 2. The first-order chi connectivity index (χ1) is 10.3. The molecule has 0 fully saturated rings. The maximum absolute atomic E-state index is 12.6. The van der Waals surface area contributed by atoms with Gasteiger partial charge in [-0.25, -0.2) is 0 Å². The van der Waals surface area contributed by atoms with Crippen molar-refractivity contribution in [1.82, 2.24) is 4.57 Å². The minimum Gasteiger partial charge on any atom is -0.347 e. The van der Waals surface area contributed by atoms with E-state index in [0.717, 1.165) is 35.0 Å². The van der Waals surface area contributed by atoms with E-state index in [1.54, 1.807) is 0 Å². The van der Waals surface area contributed by atoms with E-state index in [0.29, 0.717) is 6.42 Å². The molecule has 106 valence electrons. The van der Waals surface area contributed by atoms with Crippen molar-refractivity contribution in [2.45, 2.75) is 26.3 Å². The van der Waals surface area contributed by atoms with Gasteiger partial charge in [-0.05, 0) is 18.1 Å². The minimum absolute atomic E-state index is 0.187. The molecule has 0 aliphatic carbocycles. The molecule has 2 heteroatoms. The lowest BCUT2D eigenvalue weighted by molar-refractivity contribution is 0.0994. The number of fused-ring (bicyclic) bond motifs is 1. The van der Waals surface area contributed by atoms with Gasteiger partial charge in [0.1, 0.15) is 0 Å². The third-order valence-electron chi connectivity index (χ3n) is 3.76. The number of aryl methyl sites for hydroxylation is 1. The van der Waals surface area contributed by atoms with Crippen LogP contribution in [0.25, 0.3) is 10.9 Å². The van der Waals surface area contributed by atoms with Crippen LogP contribution in [0.15, 0.2) is 60.8 Å². The Morgan fingerprint density at radius 3 is 2.48 bits per heavy atom. The molecule has 0 radical (unpaired) electrons. The molecule has 2 nitrogen and oxygen atoms in total. The number of carbonyl (C=O) groups is 1. The summed E-state index contributed by atoms with van der Waals surface area (Å²) < 4.78 is 2.19. The Kier molecular flexibility index (Phi) is 3.87. The smallest absolute Gasteiger partial charge is 0.169 e. The molecule has 0 spiro atoms. The monoisotopic (exact) mass is 277 g/mol. The standard InChI is InChI=1S/C19H19NO/c1-2-12-20-14-17(16-10-6-7-11-18(16)20)19(21)13-15-8-4-3-5-9-15/h3-11,14H,2,12-13H2,1H3. The van der Waals surface area contributed by atoms with E-state index < -0.39 is 0 Å². The highest BCUT2D eigenvalue weighted by Crippen LogP contribution is 2.23. The van der Waals surface area contributed by atoms with Crippen LogP contribution in [0.3, 0.4) is 0 Å². The summed E-state index contributed by atoms with van der Waals surface area (Å²) in [6.45, 7) is 3.10. The Balaban J connectivity index is 1.98. The summed E-state index contributed by atoms with van der Waals surface area (Å²) in [6, 6.07) is 18.1. The number of nitrogens with zero attached hydrogens (tertiary/aromatic N) is 1. The number of carbonyl (C=O) groups excluding carboxylic acids is 1. The van der Waals surface area contributed by atoms with Crippen LogP contribution in [0.4, 0.5) is 0 Å². The van der Waals surface area contributed by atoms with Crippen LogP contribution in [-0.2, 0) is 13.0 Å². The zero-order valence-electron chi connectivity index (χ0n) is 12.3. The van der Waals surface area contributed by atoms with Gasteiger partial charge in [-0.3, -0.25) is 4.79 Å². The SMILES string of the molecule is CCCn1cc(C(=O)Cc2ccccc2)c2ccccc21. The van der Waals surface area contributed by atoms with E-state index >= 15 is 0 Å². The number of Topliss-reactive ketones (excluding diaryl/α,β-unsaturated/α-hetero) is 1. The summed E-state index contributed by atoms with van der Waals surface area (Å²) >= 11 is 0. The molecule has 3 aromatic rings. The van der Waals surface area contributed by atoms with Gasteiger partial charge in [0.25, 0.3) is 0 Å². The first kappa shape index (κ1) is 13.6. The molecule has 3 rings (SSSR count). The Bertz CT molecular complexity index is 756. The normalized spacial score (nSPS) is 10.9. The second-order valence-electron chi connectivity index (χ2n) is 5.34. The average Bonchev–Trinajstić information content (AvgIpc) is 2.88. The maximum Gasteiger partial charge on any atom is 0.169 e. The fraction of sp³-hybridized carbons (Fsp3) is 0.211. The van der Waals surface area contributed by atoms with Gasteiger partial charge < -0.3 is 4.57 Å². The minimum atomic E-state index is 0.187. The predicted octanol–water partition coefficient (Wildman–Crippen LogP) is 4.48. The van der Waals surface area contributed by atoms with Gasteiger partial charge in [0.2, 0.25) is 0 Å². The van der Waals surface area contributed by atoms with Crippen molar-refractivity contribution < 1.29 is 4.79 Å². The van der Waals surface area contributed by atoms with Gasteiger partial charge >= 0.3 is 0 Å². The lowest BCUT2D eigenvalue weighted by Crippen LogP contribution is -2.03. The van der Waals surface area contributed by atoms with Gasteiger partial charge in [-0.15, -0.1) is 0 Å². The first-order valence-electron chi connectivity index (χ1n) is 7.44. The molecule has 0 unspecified atom stereocenters. The molecule has 0 saturated carbocycles. The highest BCUT2D eigenvalue weighted by molar-refractivity contribution is 6.08. The Hall–Kier alpha value is -2.35. The second kappa shape index (κ2) is 5.96. The number of para-hydroxylation sites is 1. The van der Waals surface area contributed by atoms with Crippen LogP contribution in [0.5, 0.6) is 0 Å². The van der Waals surface area contributed by atoms with Crippen molar-refractivity contribution in [1.29, 1.82) is 0 Å². The van der Waals surface area contributed by atoms with E-state index in [-0.39, 0.29) is 5.78 Å². The van der Waals surface area contributed by atoms with E-state index in [1.807, 2.05) is 54.7 Å². The highest BCUT2D eigenvalue weighted by Gasteiger charge is 2.14. The van der Waals surface area contributed by atoms with E-state index in [4.69, 9.17) is 0 Å². The Morgan fingerprint density at radius 1 is 1.00 bits per heavy atom. The zero-order valence-corrected chi connectivity index (χ0v) is 12.3. The van der Waals surface area contributed by atoms with Crippen LogP contribution in [0.1, 0.15) is 29.3 Å². The molecule has 0 saturated heterocycles. The van der Waals surface area contributed by atoms with Crippen molar-refractivity contribution >= 4 is 16.7 Å². The van der Waals surface area contributed by atoms with Gasteiger partial charge in [0.15, 0.2) is 5.78 Å². The summed E-state index contributed by atoms with van der Waals surface area (Å²) in [5.74, 6) is 0.187. The molecular weight excluding hydrogens is 258 g/mol. The number of rotatable bonds is 5. The molecular formula is C19H19NO. The number of aromatic nitrogens is 1. The molecule has 21 heavy (non-hydrogen) atoms. The van der Waals surface area contributed by atoms with Crippen LogP contribution in [0.2, 0.25) is 0 Å². The summed E-state index contributed by atoms with van der Waals surface area (Å²) in [7, 11) is 0. The van der Waals surface area contributed by atoms with E-state index in [1.165, 1.54) is 0 Å². The van der Waals surface area contributed by atoms with E-state index in [2.05, 4.69) is 17.6 Å². The maximum atomic E-state index is 12.6. The van der Waals surface area contributed by atoms with Crippen molar-refractivity contribution in [2.75, 3.05) is 0 Å². The average molecular weight is 277 g/mol. The summed E-state index contributed by atoms with van der Waals surface area (Å²) in [6.07, 6.45) is 3.53. The Labute approximate surface area is 125 Å². The molecule has 0 bridgehead atoms. The quantitative estimate of drug-likeness (QED) is 0.630.